The maximum atomic E-state index is 11.2. The van der Waals surface area contributed by atoms with Gasteiger partial charge >= 0.3 is 11.7 Å². The van der Waals surface area contributed by atoms with Gasteiger partial charge < -0.3 is 25.7 Å². The Morgan fingerprint density at radius 1 is 1.42 bits per heavy atom. The second kappa shape index (κ2) is 5.15. The van der Waals surface area contributed by atoms with Gasteiger partial charge in [-0.05, 0) is 18.2 Å². The van der Waals surface area contributed by atoms with Crippen molar-refractivity contribution in [1.29, 1.82) is 0 Å². The quantitative estimate of drug-likeness (QED) is 0.611. The van der Waals surface area contributed by atoms with Crippen LogP contribution in [0.25, 0.3) is 11.0 Å². The maximum absolute atomic E-state index is 11.2. The number of imidazole rings is 1. The number of aliphatic carboxylic acids is 1. The van der Waals surface area contributed by atoms with Gasteiger partial charge in [-0.2, -0.15) is 0 Å². The number of hydrogen-bond acceptors (Lipinski definition) is 4. The lowest BCUT2D eigenvalue weighted by molar-refractivity contribution is -0.137. The Labute approximate surface area is 109 Å². The molecule has 0 aliphatic carbocycles. The molecule has 2 rings (SSSR count). The van der Waals surface area contributed by atoms with E-state index in [4.69, 9.17) is 10.8 Å². The van der Waals surface area contributed by atoms with E-state index in [0.29, 0.717) is 12.1 Å². The summed E-state index contributed by atoms with van der Waals surface area (Å²) in [5.41, 5.74) is 7.80. The van der Waals surface area contributed by atoms with E-state index in [1.54, 1.807) is 6.07 Å². The predicted octanol–water partition coefficient (Wildman–Crippen LogP) is 0.0944. The van der Waals surface area contributed by atoms with Crippen molar-refractivity contribution in [3.8, 4) is 0 Å². The number of anilines is 1. The third-order valence-electron chi connectivity index (χ3n) is 2.89. The van der Waals surface area contributed by atoms with Crippen molar-refractivity contribution in [3.63, 3.8) is 0 Å². The molecular formula is C12H16N4O3. The number of nitrogens with two attached hydrogens (primary N) is 1. The van der Waals surface area contributed by atoms with Gasteiger partial charge in [0.25, 0.3) is 0 Å². The van der Waals surface area contributed by atoms with Gasteiger partial charge in [0.05, 0.1) is 17.5 Å². The first kappa shape index (κ1) is 13.2. The Hall–Kier alpha value is -2.28. The highest BCUT2D eigenvalue weighted by atomic mass is 16.4. The first-order valence-corrected chi connectivity index (χ1v) is 5.86. The Kier molecular flexibility index (Phi) is 3.57. The Bertz CT molecular complexity index is 646. The Morgan fingerprint density at radius 2 is 2.11 bits per heavy atom. The largest absolute Gasteiger partial charge is 0.481 e. The summed E-state index contributed by atoms with van der Waals surface area (Å²) >= 11 is 0. The molecule has 0 saturated carbocycles. The summed E-state index contributed by atoms with van der Waals surface area (Å²) in [5.74, 6) is -0.911. The van der Waals surface area contributed by atoms with Gasteiger partial charge in [-0.1, -0.05) is 0 Å². The molecule has 19 heavy (non-hydrogen) atoms. The Balaban J connectivity index is 2.14. The van der Waals surface area contributed by atoms with Crippen molar-refractivity contribution in [2.24, 2.45) is 5.73 Å². The number of nitrogens with one attached hydrogen (secondary N) is 2. The molecule has 0 aliphatic rings. The van der Waals surface area contributed by atoms with Crippen molar-refractivity contribution in [3.05, 3.63) is 28.7 Å². The molecule has 2 aromatic rings. The number of carboxylic acids is 1. The summed E-state index contributed by atoms with van der Waals surface area (Å²) in [6, 6.07) is 5.02. The summed E-state index contributed by atoms with van der Waals surface area (Å²) in [6.07, 6.45) is -0.0758. The van der Waals surface area contributed by atoms with Crippen LogP contribution in [0.2, 0.25) is 0 Å². The molecule has 102 valence electrons. The standard InChI is InChI=1S/C12H16N4O3/c1-16(6-7(13)4-11(17)18)8-2-3-9-10(5-8)15-12(19)14-9/h2-3,5,7H,4,6,13H2,1H3,(H,17,18)(H2,14,15,19). The minimum atomic E-state index is -0.911. The van der Waals surface area contributed by atoms with Gasteiger partial charge in [-0.3, -0.25) is 4.79 Å². The fourth-order valence-corrected chi connectivity index (χ4v) is 2.00. The van der Waals surface area contributed by atoms with Crippen LogP contribution in [0.5, 0.6) is 0 Å². The molecular weight excluding hydrogens is 248 g/mol. The maximum Gasteiger partial charge on any atom is 0.323 e. The number of carbonyl (C=O) groups is 1. The molecule has 0 saturated heterocycles. The van der Waals surface area contributed by atoms with E-state index in [1.807, 2.05) is 24.1 Å². The van der Waals surface area contributed by atoms with Crippen LogP contribution in [-0.2, 0) is 4.79 Å². The van der Waals surface area contributed by atoms with Crippen molar-refractivity contribution in [2.45, 2.75) is 12.5 Å². The summed E-state index contributed by atoms with van der Waals surface area (Å²) in [5, 5.41) is 8.67. The van der Waals surface area contributed by atoms with Gasteiger partial charge in [0.2, 0.25) is 0 Å². The third-order valence-corrected chi connectivity index (χ3v) is 2.89. The van der Waals surface area contributed by atoms with Gasteiger partial charge in [0.1, 0.15) is 0 Å². The molecule has 0 aliphatic heterocycles. The molecule has 0 bridgehead atoms. The van der Waals surface area contributed by atoms with Crippen LogP contribution in [-0.4, -0.2) is 40.7 Å². The number of aromatic amines is 2. The number of hydrogen-bond donors (Lipinski definition) is 4. The lowest BCUT2D eigenvalue weighted by Crippen LogP contribution is -2.36. The minimum Gasteiger partial charge on any atom is -0.481 e. The van der Waals surface area contributed by atoms with Crippen LogP contribution < -0.4 is 16.3 Å². The second-order valence-electron chi connectivity index (χ2n) is 4.55. The normalized spacial score (nSPS) is 12.5. The van der Waals surface area contributed by atoms with Gasteiger partial charge in [0.15, 0.2) is 0 Å². The van der Waals surface area contributed by atoms with Crippen molar-refractivity contribution < 1.29 is 9.90 Å². The van der Waals surface area contributed by atoms with Gasteiger partial charge in [-0.15, -0.1) is 0 Å². The van der Waals surface area contributed by atoms with E-state index in [0.717, 1.165) is 11.2 Å². The lowest BCUT2D eigenvalue weighted by atomic mass is 10.2. The molecule has 1 aromatic carbocycles. The van der Waals surface area contributed by atoms with Crippen LogP contribution >= 0.6 is 0 Å². The van der Waals surface area contributed by atoms with Crippen molar-refractivity contribution in [1.82, 2.24) is 9.97 Å². The molecule has 1 aromatic heterocycles. The number of fused-ring (bicyclic) bond motifs is 1. The zero-order valence-electron chi connectivity index (χ0n) is 10.5. The molecule has 1 heterocycles. The fraction of sp³-hybridized carbons (Fsp3) is 0.333. The summed E-state index contributed by atoms with van der Waals surface area (Å²) in [4.78, 5) is 28.9. The summed E-state index contributed by atoms with van der Waals surface area (Å²) in [7, 11) is 1.83. The molecule has 0 fully saturated rings. The van der Waals surface area contributed by atoms with E-state index in [-0.39, 0.29) is 12.1 Å². The van der Waals surface area contributed by atoms with E-state index < -0.39 is 12.0 Å². The van der Waals surface area contributed by atoms with E-state index >= 15 is 0 Å². The van der Waals surface area contributed by atoms with Crippen molar-refractivity contribution >= 4 is 22.7 Å². The highest BCUT2D eigenvalue weighted by Gasteiger charge is 2.12. The summed E-state index contributed by atoms with van der Waals surface area (Å²) in [6.45, 7) is 0.423. The highest BCUT2D eigenvalue weighted by Crippen LogP contribution is 2.18. The lowest BCUT2D eigenvalue weighted by Gasteiger charge is -2.22. The van der Waals surface area contributed by atoms with Crippen LogP contribution in [0.3, 0.4) is 0 Å². The molecule has 0 radical (unpaired) electrons. The average molecular weight is 264 g/mol. The predicted molar refractivity (Wildman–Crippen MR) is 72.4 cm³/mol. The van der Waals surface area contributed by atoms with E-state index in [9.17, 15) is 9.59 Å². The monoisotopic (exact) mass is 264 g/mol. The Morgan fingerprint density at radius 3 is 2.79 bits per heavy atom. The average Bonchev–Trinajstić information content (AvgIpc) is 2.66. The van der Waals surface area contributed by atoms with Crippen LogP contribution in [0.15, 0.2) is 23.0 Å². The number of rotatable bonds is 5. The zero-order chi connectivity index (χ0) is 14.0. The number of aromatic nitrogens is 2. The van der Waals surface area contributed by atoms with Gasteiger partial charge in [-0.25, -0.2) is 4.79 Å². The van der Waals surface area contributed by atoms with E-state index in [1.165, 1.54) is 0 Å². The van der Waals surface area contributed by atoms with Crippen LogP contribution in [0.4, 0.5) is 5.69 Å². The topological polar surface area (TPSA) is 115 Å². The molecule has 7 heteroatoms. The van der Waals surface area contributed by atoms with E-state index in [2.05, 4.69) is 9.97 Å². The molecule has 0 amide bonds. The first-order chi connectivity index (χ1) is 8.95. The van der Waals surface area contributed by atoms with Crippen LogP contribution in [0.1, 0.15) is 6.42 Å². The first-order valence-electron chi connectivity index (χ1n) is 5.86. The molecule has 0 spiro atoms. The molecule has 7 nitrogen and oxygen atoms in total. The molecule has 1 unspecified atom stereocenters. The number of nitrogens with zero attached hydrogens (tertiary/aromatic N) is 1. The zero-order valence-corrected chi connectivity index (χ0v) is 10.5. The highest BCUT2D eigenvalue weighted by molar-refractivity contribution is 5.79. The van der Waals surface area contributed by atoms with Crippen molar-refractivity contribution in [2.75, 3.05) is 18.5 Å². The van der Waals surface area contributed by atoms with Crippen LogP contribution in [0, 0.1) is 0 Å². The second-order valence-corrected chi connectivity index (χ2v) is 4.55. The fourth-order valence-electron chi connectivity index (χ4n) is 2.00. The molecule has 1 atom stereocenters. The number of H-pyrrole nitrogens is 2. The smallest absolute Gasteiger partial charge is 0.323 e. The van der Waals surface area contributed by atoms with Gasteiger partial charge in [0, 0.05) is 25.3 Å². The summed E-state index contributed by atoms with van der Waals surface area (Å²) < 4.78 is 0. The molecule has 5 N–H and O–H groups in total. The SMILES string of the molecule is CN(CC(N)CC(=O)O)c1ccc2[nH]c(=O)[nH]c2c1. The minimum absolute atomic E-state index is 0.0758. The number of benzene rings is 1. The number of carboxylic acid groups (broad SMARTS) is 1. The number of likely N-dealkylation sites (N-methyl/N-ethyl adjacent to an activating group) is 1. The third kappa shape index (κ3) is 3.14.